The highest BCUT2D eigenvalue weighted by Crippen LogP contribution is 2.42. The minimum absolute atomic E-state index is 0. The predicted molar refractivity (Wildman–Crippen MR) is 90.3 cm³/mol. The van der Waals surface area contributed by atoms with Gasteiger partial charge in [0.1, 0.15) is 11.1 Å². The Balaban J connectivity index is 0.00000220. The number of thioether (sulfide) groups is 1. The zero-order valence-electron chi connectivity index (χ0n) is 12.7. The van der Waals surface area contributed by atoms with Gasteiger partial charge in [0.05, 0.1) is 12.9 Å². The molecule has 1 atom stereocenters. The van der Waals surface area contributed by atoms with Gasteiger partial charge in [-0.3, -0.25) is 4.79 Å². The SMILES string of the molecule is COc1ccccc1C1SCC(=O)N1CCCN(C)C.Cl. The molecule has 0 spiro atoms. The molecule has 1 saturated heterocycles. The first-order valence-corrected chi connectivity index (χ1v) is 7.87. The largest absolute Gasteiger partial charge is 0.496 e. The van der Waals surface area contributed by atoms with Gasteiger partial charge in [-0.1, -0.05) is 18.2 Å². The van der Waals surface area contributed by atoms with Crippen LogP contribution in [0.1, 0.15) is 17.4 Å². The van der Waals surface area contributed by atoms with Crippen LogP contribution in [0.2, 0.25) is 0 Å². The van der Waals surface area contributed by atoms with Gasteiger partial charge in [0.25, 0.3) is 0 Å². The second-order valence-corrected chi connectivity index (χ2v) is 6.22. The number of hydrogen-bond donors (Lipinski definition) is 0. The zero-order chi connectivity index (χ0) is 14.5. The summed E-state index contributed by atoms with van der Waals surface area (Å²) in [5.74, 6) is 1.65. The van der Waals surface area contributed by atoms with Crippen molar-refractivity contribution in [1.29, 1.82) is 0 Å². The fourth-order valence-electron chi connectivity index (χ4n) is 2.38. The Bertz CT molecular complexity index is 471. The maximum absolute atomic E-state index is 12.1. The van der Waals surface area contributed by atoms with Gasteiger partial charge in [0.15, 0.2) is 0 Å². The highest BCUT2D eigenvalue weighted by molar-refractivity contribution is 8.00. The fourth-order valence-corrected chi connectivity index (χ4v) is 3.62. The molecule has 1 aliphatic heterocycles. The first-order chi connectivity index (χ1) is 9.63. The first-order valence-electron chi connectivity index (χ1n) is 6.82. The van der Waals surface area contributed by atoms with Gasteiger partial charge in [0, 0.05) is 12.1 Å². The number of methoxy groups -OCH3 is 1. The van der Waals surface area contributed by atoms with E-state index in [4.69, 9.17) is 4.74 Å². The number of hydrogen-bond acceptors (Lipinski definition) is 4. The molecule has 1 aromatic carbocycles. The van der Waals surface area contributed by atoms with E-state index in [0.29, 0.717) is 5.75 Å². The Morgan fingerprint density at radius 1 is 1.38 bits per heavy atom. The van der Waals surface area contributed by atoms with Crippen molar-refractivity contribution in [3.8, 4) is 5.75 Å². The lowest BCUT2D eigenvalue weighted by Crippen LogP contribution is -2.31. The molecule has 0 radical (unpaired) electrons. The summed E-state index contributed by atoms with van der Waals surface area (Å²) in [6.07, 6.45) is 0.991. The molecule has 1 unspecified atom stereocenters. The Kier molecular flexibility index (Phi) is 7.35. The molecule has 0 bridgehead atoms. The van der Waals surface area contributed by atoms with E-state index < -0.39 is 0 Å². The Morgan fingerprint density at radius 3 is 2.76 bits per heavy atom. The van der Waals surface area contributed by atoms with Crippen LogP contribution in [-0.2, 0) is 4.79 Å². The molecule has 1 fully saturated rings. The van der Waals surface area contributed by atoms with Crippen molar-refractivity contribution < 1.29 is 9.53 Å². The molecule has 6 heteroatoms. The lowest BCUT2D eigenvalue weighted by Gasteiger charge is -2.26. The molecule has 0 N–H and O–H groups in total. The van der Waals surface area contributed by atoms with Crippen LogP contribution >= 0.6 is 24.2 Å². The fraction of sp³-hybridized carbons (Fsp3) is 0.533. The predicted octanol–water partition coefficient (Wildman–Crippen LogP) is 2.64. The summed E-state index contributed by atoms with van der Waals surface area (Å²) in [7, 11) is 5.78. The summed E-state index contributed by atoms with van der Waals surface area (Å²) >= 11 is 1.68. The van der Waals surface area contributed by atoms with Gasteiger partial charge in [-0.05, 0) is 33.1 Å². The van der Waals surface area contributed by atoms with E-state index in [-0.39, 0.29) is 23.7 Å². The molecule has 0 aliphatic carbocycles. The summed E-state index contributed by atoms with van der Waals surface area (Å²) in [6, 6.07) is 7.96. The minimum Gasteiger partial charge on any atom is -0.496 e. The number of rotatable bonds is 6. The van der Waals surface area contributed by atoms with Crippen molar-refractivity contribution in [2.75, 3.05) is 40.0 Å². The van der Waals surface area contributed by atoms with Gasteiger partial charge in [-0.25, -0.2) is 0 Å². The second kappa shape index (κ2) is 8.51. The van der Waals surface area contributed by atoms with Crippen LogP contribution in [0.25, 0.3) is 0 Å². The van der Waals surface area contributed by atoms with Gasteiger partial charge in [-0.2, -0.15) is 0 Å². The van der Waals surface area contributed by atoms with Crippen molar-refractivity contribution in [3.63, 3.8) is 0 Å². The standard InChI is InChI=1S/C15H22N2O2S.ClH/c1-16(2)9-6-10-17-14(18)11-20-15(17)12-7-4-5-8-13(12)19-3;/h4-5,7-8,15H,6,9-11H2,1-3H3;1H. The average molecular weight is 331 g/mol. The number of ether oxygens (including phenoxy) is 1. The lowest BCUT2D eigenvalue weighted by molar-refractivity contribution is -0.128. The number of carbonyl (C=O) groups is 1. The quantitative estimate of drug-likeness (QED) is 0.802. The third-order valence-corrected chi connectivity index (χ3v) is 4.62. The number of para-hydroxylation sites is 1. The Hall–Kier alpha value is -0.910. The average Bonchev–Trinajstić information content (AvgIpc) is 2.80. The van der Waals surface area contributed by atoms with E-state index in [1.807, 2.05) is 29.2 Å². The van der Waals surface area contributed by atoms with Gasteiger partial charge in [0.2, 0.25) is 5.91 Å². The summed E-state index contributed by atoms with van der Waals surface area (Å²) in [6.45, 7) is 1.79. The number of halogens is 1. The highest BCUT2D eigenvalue weighted by atomic mass is 35.5. The van der Waals surface area contributed by atoms with Crippen molar-refractivity contribution >= 4 is 30.1 Å². The molecule has 1 amide bonds. The monoisotopic (exact) mass is 330 g/mol. The number of benzene rings is 1. The van der Waals surface area contributed by atoms with E-state index in [2.05, 4.69) is 19.0 Å². The highest BCUT2D eigenvalue weighted by Gasteiger charge is 2.33. The van der Waals surface area contributed by atoms with Gasteiger partial charge < -0.3 is 14.5 Å². The molecule has 0 saturated carbocycles. The molecule has 21 heavy (non-hydrogen) atoms. The summed E-state index contributed by atoms with van der Waals surface area (Å²) < 4.78 is 5.42. The minimum atomic E-state index is 0. The van der Waals surface area contributed by atoms with E-state index >= 15 is 0 Å². The van der Waals surface area contributed by atoms with Crippen LogP contribution in [0, 0.1) is 0 Å². The molecular formula is C15H23ClN2O2S. The molecular weight excluding hydrogens is 308 g/mol. The van der Waals surface area contributed by atoms with Gasteiger partial charge >= 0.3 is 0 Å². The second-order valence-electron chi connectivity index (χ2n) is 5.15. The Morgan fingerprint density at radius 2 is 2.10 bits per heavy atom. The molecule has 1 aromatic rings. The first kappa shape index (κ1) is 18.1. The Labute approximate surface area is 137 Å². The van der Waals surface area contributed by atoms with Crippen LogP contribution in [-0.4, -0.2) is 55.8 Å². The van der Waals surface area contributed by atoms with Crippen molar-refractivity contribution in [2.45, 2.75) is 11.8 Å². The van der Waals surface area contributed by atoms with E-state index in [9.17, 15) is 4.79 Å². The molecule has 0 aromatic heterocycles. The smallest absolute Gasteiger partial charge is 0.233 e. The summed E-state index contributed by atoms with van der Waals surface area (Å²) in [5, 5.41) is 0.0841. The normalized spacial score (nSPS) is 18.0. The molecule has 4 nitrogen and oxygen atoms in total. The van der Waals surface area contributed by atoms with E-state index in [0.717, 1.165) is 30.8 Å². The lowest BCUT2D eigenvalue weighted by atomic mass is 10.1. The maximum atomic E-state index is 12.1. The molecule has 2 rings (SSSR count). The molecule has 118 valence electrons. The van der Waals surface area contributed by atoms with Crippen molar-refractivity contribution in [2.24, 2.45) is 0 Å². The maximum Gasteiger partial charge on any atom is 0.233 e. The number of carbonyl (C=O) groups excluding carboxylic acids is 1. The number of amides is 1. The van der Waals surface area contributed by atoms with Crippen LogP contribution in [0.15, 0.2) is 24.3 Å². The topological polar surface area (TPSA) is 32.8 Å². The van der Waals surface area contributed by atoms with Crippen LogP contribution < -0.4 is 4.74 Å². The zero-order valence-corrected chi connectivity index (χ0v) is 14.4. The summed E-state index contributed by atoms with van der Waals surface area (Å²) in [4.78, 5) is 16.2. The van der Waals surface area contributed by atoms with Crippen molar-refractivity contribution in [1.82, 2.24) is 9.80 Å². The van der Waals surface area contributed by atoms with Crippen molar-refractivity contribution in [3.05, 3.63) is 29.8 Å². The third kappa shape index (κ3) is 4.53. The van der Waals surface area contributed by atoms with Gasteiger partial charge in [-0.15, -0.1) is 24.2 Å². The molecule has 1 heterocycles. The number of nitrogens with zero attached hydrogens (tertiary/aromatic N) is 2. The van der Waals surface area contributed by atoms with E-state index in [1.165, 1.54) is 0 Å². The van der Waals surface area contributed by atoms with Crippen LogP contribution in [0.3, 0.4) is 0 Å². The third-order valence-electron chi connectivity index (χ3n) is 3.38. The van der Waals surface area contributed by atoms with E-state index in [1.54, 1.807) is 18.9 Å². The van der Waals surface area contributed by atoms with Crippen LogP contribution in [0.5, 0.6) is 5.75 Å². The molecule has 1 aliphatic rings. The summed E-state index contributed by atoms with van der Waals surface area (Å²) in [5.41, 5.74) is 1.09. The van der Waals surface area contributed by atoms with Crippen LogP contribution in [0.4, 0.5) is 0 Å².